The molecule has 3 nitrogen and oxygen atoms in total. The molecule has 0 aromatic heterocycles. The van der Waals surface area contributed by atoms with Gasteiger partial charge in [-0.2, -0.15) is 0 Å². The van der Waals surface area contributed by atoms with Gasteiger partial charge in [-0.3, -0.25) is 4.79 Å². The molecule has 0 radical (unpaired) electrons. The van der Waals surface area contributed by atoms with E-state index in [1.165, 1.54) is 5.56 Å². The molecule has 0 amide bonds. The van der Waals surface area contributed by atoms with Crippen molar-refractivity contribution in [3.63, 3.8) is 0 Å². The fourth-order valence-electron chi connectivity index (χ4n) is 2.74. The number of esters is 1. The number of carbonyl (C=O) groups is 1. The average Bonchev–Trinajstić information content (AvgIpc) is 2.49. The summed E-state index contributed by atoms with van der Waals surface area (Å²) in [5.74, 6) is -0.165. The molecule has 0 fully saturated rings. The van der Waals surface area contributed by atoms with Gasteiger partial charge >= 0.3 is 5.97 Å². The molecule has 0 bridgehead atoms. The number of hydrogen-bond donors (Lipinski definition) is 0. The van der Waals surface area contributed by atoms with Crippen LogP contribution in [0.25, 0.3) is 5.57 Å². The summed E-state index contributed by atoms with van der Waals surface area (Å²) in [7, 11) is -1.85. The van der Waals surface area contributed by atoms with E-state index in [1.807, 2.05) is 19.1 Å². The van der Waals surface area contributed by atoms with Crippen molar-refractivity contribution in [3.05, 3.63) is 41.5 Å². The molecule has 0 heterocycles. The van der Waals surface area contributed by atoms with Gasteiger partial charge in [0, 0.05) is 0 Å². The van der Waals surface area contributed by atoms with Gasteiger partial charge in [-0.15, -0.1) is 0 Å². The Labute approximate surface area is 147 Å². The predicted molar refractivity (Wildman–Crippen MR) is 101 cm³/mol. The van der Waals surface area contributed by atoms with E-state index in [0.29, 0.717) is 13.0 Å². The normalized spacial score (nSPS) is 17.9. The van der Waals surface area contributed by atoms with Crippen LogP contribution in [-0.4, -0.2) is 20.9 Å². The van der Waals surface area contributed by atoms with Crippen LogP contribution in [-0.2, 0) is 14.0 Å². The molecule has 1 aliphatic carbocycles. The summed E-state index contributed by atoms with van der Waals surface area (Å²) in [6, 6.07) is 8.29. The van der Waals surface area contributed by atoms with Gasteiger partial charge in [0.1, 0.15) is 0 Å². The molecule has 2 rings (SSSR count). The second kappa shape index (κ2) is 7.24. The second-order valence-electron chi connectivity index (χ2n) is 7.90. The van der Waals surface area contributed by atoms with Crippen LogP contribution in [0, 0.1) is 0 Å². The monoisotopic (exact) mass is 346 g/mol. The third-order valence-corrected chi connectivity index (χ3v) is 9.60. The summed E-state index contributed by atoms with van der Waals surface area (Å²) in [5, 5.41) is 0.177. The van der Waals surface area contributed by atoms with Crippen molar-refractivity contribution in [3.8, 4) is 0 Å². The molecular formula is C20H30O3Si. The van der Waals surface area contributed by atoms with Gasteiger partial charge in [0.2, 0.25) is 0 Å². The zero-order chi connectivity index (χ0) is 18.0. The summed E-state index contributed by atoms with van der Waals surface area (Å²) in [6.45, 7) is 13.6. The molecule has 4 heteroatoms. The maximum Gasteiger partial charge on any atom is 0.310 e. The van der Waals surface area contributed by atoms with E-state index < -0.39 is 8.32 Å². The van der Waals surface area contributed by atoms with Gasteiger partial charge in [-0.25, -0.2) is 0 Å². The van der Waals surface area contributed by atoms with E-state index in [2.05, 4.69) is 52.1 Å². The number of benzene rings is 1. The summed E-state index contributed by atoms with van der Waals surface area (Å²) in [6.07, 6.45) is 3.38. The predicted octanol–water partition coefficient (Wildman–Crippen LogP) is 5.49. The third-order valence-electron chi connectivity index (χ3n) is 5.12. The Morgan fingerprint density at radius 1 is 1.25 bits per heavy atom. The summed E-state index contributed by atoms with van der Waals surface area (Å²) in [5.41, 5.74) is 3.38. The number of ether oxygens (including phenoxy) is 1. The topological polar surface area (TPSA) is 35.5 Å². The van der Waals surface area contributed by atoms with Crippen molar-refractivity contribution in [2.45, 2.75) is 64.8 Å². The number of fused-ring (bicyclic) bond motifs is 1. The van der Waals surface area contributed by atoms with Crippen molar-refractivity contribution >= 4 is 19.9 Å². The lowest BCUT2D eigenvalue weighted by molar-refractivity contribution is -0.141. The van der Waals surface area contributed by atoms with Crippen molar-refractivity contribution in [1.82, 2.24) is 0 Å². The van der Waals surface area contributed by atoms with E-state index >= 15 is 0 Å². The Hall–Kier alpha value is -1.39. The van der Waals surface area contributed by atoms with Gasteiger partial charge in [0.15, 0.2) is 8.32 Å². The molecule has 1 aromatic carbocycles. The number of carbonyl (C=O) groups excluding carboxylic acids is 1. The van der Waals surface area contributed by atoms with Crippen molar-refractivity contribution < 1.29 is 14.0 Å². The van der Waals surface area contributed by atoms with Crippen LogP contribution in [0.3, 0.4) is 0 Å². The van der Waals surface area contributed by atoms with Crippen LogP contribution >= 0.6 is 0 Å². The SMILES string of the molecule is CCOC(=O)CC1=CC[C@H](O[Si](C)(C)C(C)(C)C)c2ccccc21. The first-order chi connectivity index (χ1) is 11.2. The van der Waals surface area contributed by atoms with E-state index in [0.717, 1.165) is 17.6 Å². The Bertz CT molecular complexity index is 626. The Morgan fingerprint density at radius 3 is 2.54 bits per heavy atom. The molecule has 0 N–H and O–H groups in total. The highest BCUT2D eigenvalue weighted by Crippen LogP contribution is 2.44. The maximum atomic E-state index is 11.9. The second-order valence-corrected chi connectivity index (χ2v) is 12.7. The molecule has 24 heavy (non-hydrogen) atoms. The summed E-state index contributed by atoms with van der Waals surface area (Å²) >= 11 is 0. The van der Waals surface area contributed by atoms with E-state index in [4.69, 9.17) is 9.16 Å². The largest absolute Gasteiger partial charge is 0.466 e. The first-order valence-electron chi connectivity index (χ1n) is 8.77. The molecule has 0 saturated carbocycles. The first-order valence-corrected chi connectivity index (χ1v) is 11.7. The fourth-order valence-corrected chi connectivity index (χ4v) is 4.02. The molecule has 132 valence electrons. The van der Waals surface area contributed by atoms with Crippen LogP contribution in [0.2, 0.25) is 18.1 Å². The standard InChI is InChI=1S/C20H30O3Si/c1-7-22-19(21)14-15-12-13-18(17-11-9-8-10-16(15)17)23-24(5,6)20(2,3)4/h8-12,18H,7,13-14H2,1-6H3/t18-/m0/s1. The van der Waals surface area contributed by atoms with Crippen LogP contribution in [0.4, 0.5) is 0 Å². The van der Waals surface area contributed by atoms with E-state index in [1.54, 1.807) is 0 Å². The number of rotatable bonds is 5. The highest BCUT2D eigenvalue weighted by molar-refractivity contribution is 6.74. The summed E-state index contributed by atoms with van der Waals surface area (Å²) < 4.78 is 11.8. The molecule has 1 aromatic rings. The third kappa shape index (κ3) is 4.17. The Kier molecular flexibility index (Phi) is 5.71. The molecule has 0 spiro atoms. The summed E-state index contributed by atoms with van der Waals surface area (Å²) in [4.78, 5) is 11.9. The van der Waals surface area contributed by atoms with Gasteiger partial charge in [-0.05, 0) is 48.2 Å². The van der Waals surface area contributed by atoms with E-state index in [-0.39, 0.29) is 17.1 Å². The molecule has 0 saturated heterocycles. The van der Waals surface area contributed by atoms with Gasteiger partial charge in [0.05, 0.1) is 19.1 Å². The van der Waals surface area contributed by atoms with Crippen LogP contribution in [0.15, 0.2) is 30.3 Å². The van der Waals surface area contributed by atoms with Crippen LogP contribution in [0.1, 0.15) is 57.8 Å². The van der Waals surface area contributed by atoms with Crippen LogP contribution in [0.5, 0.6) is 0 Å². The van der Waals surface area contributed by atoms with Gasteiger partial charge in [-0.1, -0.05) is 51.1 Å². The van der Waals surface area contributed by atoms with Crippen molar-refractivity contribution in [2.75, 3.05) is 6.61 Å². The van der Waals surface area contributed by atoms with Gasteiger partial charge in [0.25, 0.3) is 0 Å². The number of hydrogen-bond acceptors (Lipinski definition) is 3. The molecule has 0 aliphatic heterocycles. The lowest BCUT2D eigenvalue weighted by atomic mass is 9.87. The molecular weight excluding hydrogens is 316 g/mol. The molecule has 1 aliphatic rings. The molecule has 1 atom stereocenters. The zero-order valence-electron chi connectivity index (χ0n) is 15.8. The lowest BCUT2D eigenvalue weighted by Gasteiger charge is -2.40. The zero-order valence-corrected chi connectivity index (χ0v) is 16.8. The minimum Gasteiger partial charge on any atom is -0.466 e. The van der Waals surface area contributed by atoms with Crippen molar-refractivity contribution in [1.29, 1.82) is 0 Å². The first kappa shape index (κ1) is 18.9. The average molecular weight is 347 g/mol. The highest BCUT2D eigenvalue weighted by atomic mass is 28.4. The Morgan fingerprint density at radius 2 is 1.92 bits per heavy atom. The van der Waals surface area contributed by atoms with E-state index in [9.17, 15) is 4.79 Å². The van der Waals surface area contributed by atoms with Crippen LogP contribution < -0.4 is 0 Å². The quantitative estimate of drug-likeness (QED) is 0.522. The van der Waals surface area contributed by atoms with Gasteiger partial charge < -0.3 is 9.16 Å². The fraction of sp³-hybridized carbons (Fsp3) is 0.550. The lowest BCUT2D eigenvalue weighted by Crippen LogP contribution is -2.42. The minimum atomic E-state index is -1.85. The Balaban J connectivity index is 2.25. The molecule has 0 unspecified atom stereocenters. The highest BCUT2D eigenvalue weighted by Gasteiger charge is 2.40. The minimum absolute atomic E-state index is 0.0769. The maximum absolute atomic E-state index is 11.9. The smallest absolute Gasteiger partial charge is 0.310 e. The van der Waals surface area contributed by atoms with Crippen molar-refractivity contribution in [2.24, 2.45) is 0 Å².